The summed E-state index contributed by atoms with van der Waals surface area (Å²) in [5, 5.41) is 3.94. The third-order valence-corrected chi connectivity index (χ3v) is 10.0. The van der Waals surface area contributed by atoms with Gasteiger partial charge in [0.25, 0.3) is 10.0 Å². The summed E-state index contributed by atoms with van der Waals surface area (Å²) in [4.78, 5) is 29.0. The van der Waals surface area contributed by atoms with Crippen molar-refractivity contribution >= 4 is 62.3 Å². The molecule has 1 N–H and O–H groups in total. The average Bonchev–Trinajstić information content (AvgIpc) is 2.94. The fourth-order valence-electron chi connectivity index (χ4n) is 4.32. The minimum atomic E-state index is -4.22. The van der Waals surface area contributed by atoms with Crippen molar-refractivity contribution in [1.82, 2.24) is 10.2 Å². The highest BCUT2D eigenvalue weighted by molar-refractivity contribution is 7.92. The van der Waals surface area contributed by atoms with Gasteiger partial charge in [0, 0.05) is 33.2 Å². The lowest BCUT2D eigenvalue weighted by molar-refractivity contribution is -0.140. The fourth-order valence-corrected chi connectivity index (χ4v) is 6.42. The lowest BCUT2D eigenvalue weighted by Crippen LogP contribution is -2.53. The highest BCUT2D eigenvalue weighted by atomic mass is 35.5. The fraction of sp³-hybridized carbons (Fsp3) is 0.355. The average molecular weight is 653 g/mol. The van der Waals surface area contributed by atoms with Crippen molar-refractivity contribution < 1.29 is 18.0 Å². The third kappa shape index (κ3) is 7.98. The molecule has 2 amide bonds. The normalized spacial score (nSPS) is 12.9. The van der Waals surface area contributed by atoms with Crippen LogP contribution in [0.15, 0.2) is 65.6 Å². The molecule has 0 heterocycles. The molecule has 0 aromatic heterocycles. The van der Waals surface area contributed by atoms with Crippen LogP contribution < -0.4 is 9.62 Å². The molecule has 0 spiro atoms. The van der Waals surface area contributed by atoms with E-state index in [1.165, 1.54) is 23.1 Å². The van der Waals surface area contributed by atoms with E-state index in [0.29, 0.717) is 27.1 Å². The Bertz CT molecular complexity index is 1510. The Balaban J connectivity index is 2.12. The number of anilines is 1. The van der Waals surface area contributed by atoms with Gasteiger partial charge in [-0.3, -0.25) is 13.9 Å². The summed E-state index contributed by atoms with van der Waals surface area (Å²) in [6, 6.07) is 15.1. The predicted octanol–water partition coefficient (Wildman–Crippen LogP) is 7.18. The lowest BCUT2D eigenvalue weighted by atomic mass is 10.1. The number of nitrogens with one attached hydrogen (secondary N) is 1. The quantitative estimate of drug-likeness (QED) is 0.225. The standard InChI is InChI=1S/C31H36Cl3N3O4S/c1-6-22(5)35-31(39)29(7-2)36(18-25-26(32)9-8-10-27(25)33)30(38)19-37(23-14-13-21(4)28(34)17-23)42(40,41)24-15-11-20(3)12-16-24/h8-17,22,29H,6-7,18-19H2,1-5H3,(H,35,39)/t22-,29+/m0/s1. The number of hydrogen-bond acceptors (Lipinski definition) is 4. The predicted molar refractivity (Wildman–Crippen MR) is 171 cm³/mol. The second kappa shape index (κ2) is 14.6. The van der Waals surface area contributed by atoms with Crippen molar-refractivity contribution in [2.75, 3.05) is 10.8 Å². The van der Waals surface area contributed by atoms with E-state index in [1.54, 1.807) is 56.3 Å². The van der Waals surface area contributed by atoms with Crippen LogP contribution >= 0.6 is 34.8 Å². The first-order valence-electron chi connectivity index (χ1n) is 13.7. The van der Waals surface area contributed by atoms with Gasteiger partial charge in [-0.25, -0.2) is 8.42 Å². The molecule has 2 atom stereocenters. The molecule has 0 aliphatic heterocycles. The van der Waals surface area contributed by atoms with E-state index < -0.39 is 28.5 Å². The second-order valence-corrected chi connectivity index (χ2v) is 13.3. The molecule has 0 fully saturated rings. The van der Waals surface area contributed by atoms with Crippen LogP contribution in [0.3, 0.4) is 0 Å². The maximum atomic E-state index is 14.2. The van der Waals surface area contributed by atoms with Crippen molar-refractivity contribution in [2.24, 2.45) is 0 Å². The van der Waals surface area contributed by atoms with Gasteiger partial charge in [-0.15, -0.1) is 0 Å². The zero-order chi connectivity index (χ0) is 31.2. The zero-order valence-electron chi connectivity index (χ0n) is 24.3. The van der Waals surface area contributed by atoms with Gasteiger partial charge in [0.2, 0.25) is 11.8 Å². The molecule has 0 bridgehead atoms. The molecule has 0 saturated heterocycles. The molecular weight excluding hydrogens is 617 g/mol. The highest BCUT2D eigenvalue weighted by Crippen LogP contribution is 2.30. The number of hydrogen-bond donors (Lipinski definition) is 1. The van der Waals surface area contributed by atoms with E-state index in [4.69, 9.17) is 34.8 Å². The summed E-state index contributed by atoms with van der Waals surface area (Å²) in [7, 11) is -4.22. The smallest absolute Gasteiger partial charge is 0.264 e. The summed E-state index contributed by atoms with van der Waals surface area (Å²) in [6.07, 6.45) is 0.973. The summed E-state index contributed by atoms with van der Waals surface area (Å²) in [6.45, 7) is 8.56. The number of rotatable bonds is 12. The van der Waals surface area contributed by atoms with Crippen LogP contribution in [0.25, 0.3) is 0 Å². The van der Waals surface area contributed by atoms with Crippen LogP contribution in [0.4, 0.5) is 5.69 Å². The topological polar surface area (TPSA) is 86.8 Å². The molecule has 0 unspecified atom stereocenters. The molecule has 7 nitrogen and oxygen atoms in total. The summed E-state index contributed by atoms with van der Waals surface area (Å²) in [5.41, 5.74) is 2.31. The number of aryl methyl sites for hydroxylation is 2. The number of nitrogens with zero attached hydrogens (tertiary/aromatic N) is 2. The Kier molecular flexibility index (Phi) is 11.7. The number of amides is 2. The van der Waals surface area contributed by atoms with Crippen molar-refractivity contribution in [3.63, 3.8) is 0 Å². The van der Waals surface area contributed by atoms with Crippen molar-refractivity contribution in [1.29, 1.82) is 0 Å². The van der Waals surface area contributed by atoms with E-state index in [9.17, 15) is 18.0 Å². The SMILES string of the molecule is CC[C@H](C(=O)N[C@@H](C)CC)N(Cc1c(Cl)cccc1Cl)C(=O)CN(c1ccc(C)c(Cl)c1)S(=O)(=O)c1ccc(C)cc1. The molecule has 0 radical (unpaired) electrons. The molecule has 3 aromatic rings. The molecular formula is C31H36Cl3N3O4S. The first kappa shape index (κ1) is 33.7. The molecule has 3 aromatic carbocycles. The first-order chi connectivity index (χ1) is 19.8. The van der Waals surface area contributed by atoms with E-state index in [0.717, 1.165) is 15.4 Å². The molecule has 0 aliphatic rings. The molecule has 11 heteroatoms. The van der Waals surface area contributed by atoms with Crippen LogP contribution in [-0.4, -0.2) is 43.8 Å². The van der Waals surface area contributed by atoms with Crippen molar-refractivity contribution in [3.05, 3.63) is 92.4 Å². The van der Waals surface area contributed by atoms with Gasteiger partial charge in [-0.1, -0.05) is 78.5 Å². The van der Waals surface area contributed by atoms with Gasteiger partial charge in [0.05, 0.1) is 10.6 Å². The van der Waals surface area contributed by atoms with E-state index in [-0.39, 0.29) is 35.5 Å². The first-order valence-corrected chi connectivity index (χ1v) is 16.3. The van der Waals surface area contributed by atoms with E-state index >= 15 is 0 Å². The van der Waals surface area contributed by atoms with Crippen LogP contribution in [0, 0.1) is 13.8 Å². The number of sulfonamides is 1. The van der Waals surface area contributed by atoms with E-state index in [2.05, 4.69) is 5.32 Å². The van der Waals surface area contributed by atoms with Gasteiger partial charge >= 0.3 is 0 Å². The summed E-state index contributed by atoms with van der Waals surface area (Å²) < 4.78 is 29.0. The van der Waals surface area contributed by atoms with E-state index in [1.807, 2.05) is 20.8 Å². The Morgan fingerprint density at radius 1 is 0.881 bits per heavy atom. The minimum Gasteiger partial charge on any atom is -0.352 e. The van der Waals surface area contributed by atoms with Gasteiger partial charge in [0.1, 0.15) is 12.6 Å². The van der Waals surface area contributed by atoms with Gasteiger partial charge in [0.15, 0.2) is 0 Å². The highest BCUT2D eigenvalue weighted by Gasteiger charge is 2.34. The number of carbonyl (C=O) groups is 2. The largest absolute Gasteiger partial charge is 0.352 e. The minimum absolute atomic E-state index is 0.0138. The van der Waals surface area contributed by atoms with Gasteiger partial charge < -0.3 is 10.2 Å². The van der Waals surface area contributed by atoms with Crippen LogP contribution in [-0.2, 0) is 26.2 Å². The number of carbonyl (C=O) groups excluding carboxylic acids is 2. The van der Waals surface area contributed by atoms with Gasteiger partial charge in [-0.2, -0.15) is 0 Å². The van der Waals surface area contributed by atoms with Crippen LogP contribution in [0.5, 0.6) is 0 Å². The third-order valence-electron chi connectivity index (χ3n) is 7.11. The van der Waals surface area contributed by atoms with Crippen molar-refractivity contribution in [2.45, 2.75) is 71.0 Å². The Labute approximate surface area is 263 Å². The van der Waals surface area contributed by atoms with Crippen LogP contribution in [0.2, 0.25) is 15.1 Å². The lowest BCUT2D eigenvalue weighted by Gasteiger charge is -2.34. The molecule has 0 aliphatic carbocycles. The Hall–Kier alpha value is -2.78. The molecule has 3 rings (SSSR count). The molecule has 0 saturated carbocycles. The molecule has 226 valence electrons. The second-order valence-electron chi connectivity index (χ2n) is 10.2. The van der Waals surface area contributed by atoms with Crippen LogP contribution in [0.1, 0.15) is 50.3 Å². The maximum absolute atomic E-state index is 14.2. The van der Waals surface area contributed by atoms with Crippen molar-refractivity contribution in [3.8, 4) is 0 Å². The number of halogens is 3. The zero-order valence-corrected chi connectivity index (χ0v) is 27.4. The molecule has 42 heavy (non-hydrogen) atoms. The summed E-state index contributed by atoms with van der Waals surface area (Å²) in [5.74, 6) is -0.959. The maximum Gasteiger partial charge on any atom is 0.264 e. The Morgan fingerprint density at radius 3 is 2.05 bits per heavy atom. The van der Waals surface area contributed by atoms with Gasteiger partial charge in [-0.05, 0) is 75.6 Å². The number of benzene rings is 3. The monoisotopic (exact) mass is 651 g/mol. The summed E-state index contributed by atoms with van der Waals surface area (Å²) >= 11 is 19.3. The Morgan fingerprint density at radius 2 is 1.50 bits per heavy atom.